The second-order valence-electron chi connectivity index (χ2n) is 16.0. The molecule has 0 saturated heterocycles. The van der Waals surface area contributed by atoms with Crippen molar-refractivity contribution < 1.29 is 26.8 Å². The number of halogens is 2. The van der Waals surface area contributed by atoms with Crippen LogP contribution in [0.4, 0.5) is 0 Å². The molecule has 10 rings (SSSR count). The summed E-state index contributed by atoms with van der Waals surface area (Å²) in [5, 5.41) is 5.04. The van der Waals surface area contributed by atoms with Gasteiger partial charge in [0.1, 0.15) is 0 Å². The van der Waals surface area contributed by atoms with E-state index in [4.69, 9.17) is 25.9 Å². The minimum Gasteiger partial charge on any atom is -0.496 e. The molecule has 0 atom stereocenters. The van der Waals surface area contributed by atoms with Crippen molar-refractivity contribution in [2.75, 3.05) is 0 Å². The van der Waals surface area contributed by atoms with E-state index in [0.717, 1.165) is 34.2 Å². The van der Waals surface area contributed by atoms with Crippen LogP contribution in [0.5, 0.6) is 0 Å². The van der Waals surface area contributed by atoms with Gasteiger partial charge in [0.15, 0.2) is 0 Å². The normalized spacial score (nSPS) is 10.9. The maximum absolute atomic E-state index is 5.84. The fourth-order valence-corrected chi connectivity index (χ4v) is 7.93. The molecule has 0 amide bonds. The minimum absolute atomic E-state index is 0.224. The Bertz CT molecular complexity index is 2910. The van der Waals surface area contributed by atoms with Crippen LogP contribution in [-0.2, 0) is 18.0 Å². The largest absolute Gasteiger partial charge is 0.496 e. The van der Waals surface area contributed by atoms with E-state index in [-0.39, 0.29) is 5.43 Å². The number of furan rings is 2. The van der Waals surface area contributed by atoms with Gasteiger partial charge in [-0.05, 0) is 96.5 Å². The van der Waals surface area contributed by atoms with Gasteiger partial charge in [0.05, 0.1) is 23.0 Å². The van der Waals surface area contributed by atoms with Crippen molar-refractivity contribution in [3.8, 4) is 67.2 Å². The molecule has 0 spiro atoms. The summed E-state index contributed by atoms with van der Waals surface area (Å²) in [6, 6.07) is 64.7. The van der Waals surface area contributed by atoms with Crippen LogP contribution >= 0.6 is 17.0 Å². The Morgan fingerprint density at radius 2 is 0.758 bits per heavy atom. The average Bonchev–Trinajstić information content (AvgIpc) is 4.12. The summed E-state index contributed by atoms with van der Waals surface area (Å²) in [5.41, 5.74) is 14.7. The minimum atomic E-state index is -1.65. The van der Waals surface area contributed by atoms with E-state index < -0.39 is 18.0 Å². The van der Waals surface area contributed by atoms with Crippen LogP contribution in [0.2, 0.25) is 13.1 Å². The maximum Gasteiger partial charge on any atom is 0.0896 e. The van der Waals surface area contributed by atoms with Crippen molar-refractivity contribution in [1.82, 2.24) is 0 Å². The summed E-state index contributed by atoms with van der Waals surface area (Å²) < 4.78 is 11.7. The predicted molar refractivity (Wildman–Crippen MR) is 264 cm³/mol. The van der Waals surface area contributed by atoms with Gasteiger partial charge in [-0.1, -0.05) is 144 Å². The van der Waals surface area contributed by atoms with Crippen LogP contribution in [0.1, 0.15) is 22.6 Å². The van der Waals surface area contributed by atoms with Gasteiger partial charge in [0.2, 0.25) is 0 Å². The molecule has 2 heterocycles. The number of hydrogen-bond donors (Lipinski definition) is 0. The number of fused-ring (bicyclic) bond motifs is 2. The first-order valence-corrected chi connectivity index (χ1v) is 33.4. The molecule has 308 valence electrons. The second kappa shape index (κ2) is 19.4. The fourth-order valence-electron chi connectivity index (χ4n) is 7.93. The van der Waals surface area contributed by atoms with Gasteiger partial charge in [0, 0.05) is 0 Å². The van der Waals surface area contributed by atoms with Crippen molar-refractivity contribution in [1.29, 1.82) is 0 Å². The maximum atomic E-state index is 5.84. The Morgan fingerprint density at radius 3 is 1.08 bits per heavy atom. The molecule has 8 aromatic carbocycles. The van der Waals surface area contributed by atoms with E-state index in [0.29, 0.717) is 0 Å². The summed E-state index contributed by atoms with van der Waals surface area (Å²) in [6.45, 7) is 12.7. The Kier molecular flexibility index (Phi) is 13.6. The zero-order valence-electron chi connectivity index (χ0n) is 35.9. The van der Waals surface area contributed by atoms with E-state index in [1.54, 1.807) is 0 Å². The van der Waals surface area contributed by atoms with Gasteiger partial charge in [-0.15, -0.1) is 57.9 Å². The third-order valence-electron chi connectivity index (χ3n) is 11.2. The summed E-state index contributed by atoms with van der Waals surface area (Å²) in [6.07, 6.45) is 0. The zero-order chi connectivity index (χ0) is 43.3. The summed E-state index contributed by atoms with van der Waals surface area (Å²) in [7, 11) is 11.2. The van der Waals surface area contributed by atoms with E-state index in [2.05, 4.69) is 185 Å². The van der Waals surface area contributed by atoms with Crippen LogP contribution in [0.25, 0.3) is 88.7 Å². The summed E-state index contributed by atoms with van der Waals surface area (Å²) in [5.74, 6) is 3.73. The third-order valence-corrected chi connectivity index (χ3v) is 30.9. The van der Waals surface area contributed by atoms with Crippen molar-refractivity contribution >= 4 is 44.0 Å². The van der Waals surface area contributed by atoms with Crippen molar-refractivity contribution in [2.45, 2.75) is 40.8 Å². The fraction of sp³-hybridized carbons (Fsp3) is 0.107. The molecule has 0 saturated carbocycles. The molecule has 2 nitrogen and oxygen atoms in total. The van der Waals surface area contributed by atoms with Crippen LogP contribution < -0.4 is 0 Å². The van der Waals surface area contributed by atoms with Crippen LogP contribution in [0, 0.1) is 27.7 Å². The molecule has 2 aromatic heterocycles. The number of benzene rings is 6. The monoisotopic (exact) mass is 940 g/mol. The Morgan fingerprint density at radius 1 is 0.419 bits per heavy atom. The number of aryl methyl sites for hydroxylation is 4. The third kappa shape index (κ3) is 9.86. The van der Waals surface area contributed by atoms with Crippen molar-refractivity contribution in [2.24, 2.45) is 0 Å². The first-order chi connectivity index (χ1) is 30.0. The molecule has 0 radical (unpaired) electrons. The van der Waals surface area contributed by atoms with E-state index in [1.807, 2.05) is 38.1 Å². The van der Waals surface area contributed by atoms with E-state index in [1.165, 1.54) is 77.2 Å². The first-order valence-electron chi connectivity index (χ1n) is 20.9. The molecule has 10 aromatic rings. The predicted octanol–water partition coefficient (Wildman–Crippen LogP) is 17.7. The van der Waals surface area contributed by atoms with Gasteiger partial charge in [-0.2, -0.15) is 0 Å². The molecule has 0 bridgehead atoms. The number of hydrogen-bond acceptors (Lipinski definition) is 2. The average molecular weight is 943 g/mol. The van der Waals surface area contributed by atoms with Gasteiger partial charge >= 0.3 is 53.5 Å². The van der Waals surface area contributed by atoms with E-state index >= 15 is 0 Å². The molecule has 0 fully saturated rings. The van der Waals surface area contributed by atoms with Crippen LogP contribution in [0.3, 0.4) is 0 Å². The van der Waals surface area contributed by atoms with Gasteiger partial charge < -0.3 is 8.83 Å². The Balaban J connectivity index is 0.000000151. The summed E-state index contributed by atoms with van der Waals surface area (Å²) >= 11 is -1.65. The van der Waals surface area contributed by atoms with Gasteiger partial charge in [-0.25, -0.2) is 0 Å². The molecule has 6 heteroatoms. The molecule has 0 unspecified atom stereocenters. The molecular formula is C56H48Cl2O2SiZr-2. The van der Waals surface area contributed by atoms with Crippen molar-refractivity contribution in [3.05, 3.63) is 205 Å². The quantitative estimate of drug-likeness (QED) is 0.123. The van der Waals surface area contributed by atoms with Crippen molar-refractivity contribution in [3.63, 3.8) is 0 Å². The van der Waals surface area contributed by atoms with Gasteiger partial charge in [0.25, 0.3) is 0 Å². The molecule has 62 heavy (non-hydrogen) atoms. The van der Waals surface area contributed by atoms with E-state index in [9.17, 15) is 0 Å². The van der Waals surface area contributed by atoms with Crippen LogP contribution in [0.15, 0.2) is 191 Å². The van der Waals surface area contributed by atoms with Gasteiger partial charge in [-0.3, -0.25) is 0 Å². The summed E-state index contributed by atoms with van der Waals surface area (Å²) in [4.78, 5) is 0. The topological polar surface area (TPSA) is 26.3 Å². The first kappa shape index (κ1) is 43.4. The standard InChI is InChI=1S/2C27H21O.C2H6Si.2ClH.Zr/c2*1-18-8-10-23-16-24(26-15-9-19(2)28-26)17-25(23)27(18)22-13-11-21(12-14-22)20-6-4-3-5-7-20;1-3-2;;;/h2*3-17H,1-2H3;1-2H3;2*1H;/q2*-1;;;;+2/p-2. The number of rotatable bonds is 6. The Hall–Kier alpha value is -5.22. The second-order valence-corrected chi connectivity index (χ2v) is 39.0. The Labute approximate surface area is 380 Å². The molecule has 0 N–H and O–H groups in total. The SMILES string of the molecule is C[Si](C)=[Zr]([Cl])[Cl].Cc1ccc(-c2cc3c(-c4ccc(-c5ccccc5)cc4)c(C)ccc3[cH-]2)o1.Cc1ccc(-c2cc3c(-c4ccc(-c5ccccc5)cc4)c(C)ccc3[cH-]2)o1. The smallest absolute Gasteiger partial charge is 0.0896 e. The van der Waals surface area contributed by atoms with Crippen LogP contribution in [-0.4, -0.2) is 5.43 Å². The zero-order valence-corrected chi connectivity index (χ0v) is 40.9. The molecule has 0 aliphatic carbocycles. The molecular weight excluding hydrogens is 895 g/mol. The molecule has 0 aliphatic rings. The molecule has 0 aliphatic heterocycles.